The Bertz CT molecular complexity index is 713. The van der Waals surface area contributed by atoms with E-state index in [1.54, 1.807) is 18.9 Å². The second-order valence-electron chi connectivity index (χ2n) is 9.08. The number of aliphatic hydroxyl groups is 2. The maximum Gasteiger partial charge on any atom is 0.248 e. The van der Waals surface area contributed by atoms with Crippen LogP contribution in [-0.2, 0) is 4.79 Å². The quantitative estimate of drug-likeness (QED) is 0.761. The number of rotatable bonds is 6. The number of likely N-dealkylation sites (tertiary alicyclic amines) is 1. The summed E-state index contributed by atoms with van der Waals surface area (Å²) in [4.78, 5) is 13.8. The zero-order chi connectivity index (χ0) is 21.2. The fourth-order valence-electron chi connectivity index (χ4n) is 4.74. The number of methoxy groups -OCH3 is 1. The van der Waals surface area contributed by atoms with E-state index in [0.717, 1.165) is 30.1 Å². The summed E-state index contributed by atoms with van der Waals surface area (Å²) in [7, 11) is 1.64. The van der Waals surface area contributed by atoms with Crippen LogP contribution in [0.1, 0.15) is 57.9 Å². The molecule has 3 rings (SSSR count). The standard InChI is InChI=1S/C23H35NO5/c1-15-5-8-18(9-6-15)29-21-11-17(7-10-20(21)28-4)19-12-24(22(27)13-25)14-23(19,3)16(2)26/h7,10-11,15-16,18-19,25-26H,5-6,8-9,12-14H2,1-4H3. The van der Waals surface area contributed by atoms with E-state index in [2.05, 4.69) is 6.92 Å². The lowest BCUT2D eigenvalue weighted by molar-refractivity contribution is -0.133. The molecule has 3 atom stereocenters. The Kier molecular flexibility index (Phi) is 6.74. The number of hydrogen-bond donors (Lipinski definition) is 2. The van der Waals surface area contributed by atoms with Crippen molar-refractivity contribution in [2.24, 2.45) is 11.3 Å². The minimum absolute atomic E-state index is 0.0577. The van der Waals surface area contributed by atoms with Crippen LogP contribution in [0.25, 0.3) is 0 Å². The number of amides is 1. The highest BCUT2D eigenvalue weighted by Crippen LogP contribution is 2.47. The van der Waals surface area contributed by atoms with Gasteiger partial charge in [0.05, 0.1) is 19.3 Å². The summed E-state index contributed by atoms with van der Waals surface area (Å²) < 4.78 is 11.9. The van der Waals surface area contributed by atoms with Crippen LogP contribution >= 0.6 is 0 Å². The second-order valence-corrected chi connectivity index (χ2v) is 9.08. The molecule has 6 nitrogen and oxygen atoms in total. The first-order valence-corrected chi connectivity index (χ1v) is 10.7. The van der Waals surface area contributed by atoms with E-state index >= 15 is 0 Å². The fraction of sp³-hybridized carbons (Fsp3) is 0.696. The van der Waals surface area contributed by atoms with Crippen LogP contribution in [0.3, 0.4) is 0 Å². The highest BCUT2D eigenvalue weighted by molar-refractivity contribution is 5.77. The minimum Gasteiger partial charge on any atom is -0.493 e. The minimum atomic E-state index is -0.602. The van der Waals surface area contributed by atoms with Gasteiger partial charge < -0.3 is 24.6 Å². The van der Waals surface area contributed by atoms with Crippen molar-refractivity contribution in [3.05, 3.63) is 23.8 Å². The third-order valence-corrected chi connectivity index (χ3v) is 7.02. The molecule has 0 spiro atoms. The average Bonchev–Trinajstić information content (AvgIpc) is 3.08. The summed E-state index contributed by atoms with van der Waals surface area (Å²) in [5.41, 5.74) is 0.512. The third kappa shape index (κ3) is 4.53. The molecule has 1 heterocycles. The van der Waals surface area contributed by atoms with E-state index in [0.29, 0.717) is 18.8 Å². The van der Waals surface area contributed by atoms with Crippen molar-refractivity contribution in [3.8, 4) is 11.5 Å². The normalized spacial score (nSPS) is 30.8. The van der Waals surface area contributed by atoms with E-state index in [1.807, 2.05) is 25.1 Å². The van der Waals surface area contributed by atoms with Crippen molar-refractivity contribution in [3.63, 3.8) is 0 Å². The van der Waals surface area contributed by atoms with Gasteiger partial charge in [-0.15, -0.1) is 0 Å². The summed E-state index contributed by atoms with van der Waals surface area (Å²) in [5.74, 6) is 1.82. The Hall–Kier alpha value is -1.79. The Morgan fingerprint density at radius 3 is 2.55 bits per heavy atom. The van der Waals surface area contributed by atoms with Gasteiger partial charge in [0.25, 0.3) is 0 Å². The molecule has 6 heteroatoms. The van der Waals surface area contributed by atoms with Crippen molar-refractivity contribution < 1.29 is 24.5 Å². The molecule has 1 aromatic carbocycles. The second kappa shape index (κ2) is 8.92. The van der Waals surface area contributed by atoms with Gasteiger partial charge in [-0.25, -0.2) is 0 Å². The van der Waals surface area contributed by atoms with Crippen molar-refractivity contribution in [2.75, 3.05) is 26.8 Å². The molecule has 1 saturated carbocycles. The molecule has 1 amide bonds. The van der Waals surface area contributed by atoms with Gasteiger partial charge in [0.2, 0.25) is 5.91 Å². The maximum absolute atomic E-state index is 12.1. The Labute approximate surface area is 173 Å². The van der Waals surface area contributed by atoms with Crippen LogP contribution in [0.5, 0.6) is 11.5 Å². The van der Waals surface area contributed by atoms with Crippen LogP contribution < -0.4 is 9.47 Å². The molecule has 1 aliphatic heterocycles. The van der Waals surface area contributed by atoms with Gasteiger partial charge in [0.1, 0.15) is 6.61 Å². The van der Waals surface area contributed by atoms with Gasteiger partial charge >= 0.3 is 0 Å². The van der Waals surface area contributed by atoms with Crippen LogP contribution in [0, 0.1) is 11.3 Å². The molecule has 162 valence electrons. The number of carbonyl (C=O) groups is 1. The first-order valence-electron chi connectivity index (χ1n) is 10.7. The zero-order valence-corrected chi connectivity index (χ0v) is 18.1. The predicted molar refractivity (Wildman–Crippen MR) is 111 cm³/mol. The van der Waals surface area contributed by atoms with Gasteiger partial charge in [-0.1, -0.05) is 19.9 Å². The molecule has 2 aliphatic rings. The number of benzene rings is 1. The molecule has 2 N–H and O–H groups in total. The largest absolute Gasteiger partial charge is 0.493 e. The van der Waals surface area contributed by atoms with Crippen molar-refractivity contribution in [1.29, 1.82) is 0 Å². The number of carbonyl (C=O) groups excluding carboxylic acids is 1. The molecule has 0 aromatic heterocycles. The van der Waals surface area contributed by atoms with Gasteiger partial charge in [-0.3, -0.25) is 4.79 Å². The summed E-state index contributed by atoms with van der Waals surface area (Å²) in [6.07, 6.45) is 4.02. The van der Waals surface area contributed by atoms with Gasteiger partial charge in [0, 0.05) is 24.4 Å². The topological polar surface area (TPSA) is 79.2 Å². The smallest absolute Gasteiger partial charge is 0.248 e. The van der Waals surface area contributed by atoms with E-state index in [4.69, 9.17) is 9.47 Å². The number of aliphatic hydroxyl groups excluding tert-OH is 2. The lowest BCUT2D eigenvalue weighted by Crippen LogP contribution is -2.38. The monoisotopic (exact) mass is 405 g/mol. The summed E-state index contributed by atoms with van der Waals surface area (Å²) >= 11 is 0. The SMILES string of the molecule is COc1ccc(C2CN(C(=O)CO)CC2(C)C(C)O)cc1OC1CCC(C)CC1. The zero-order valence-electron chi connectivity index (χ0n) is 18.1. The molecule has 0 radical (unpaired) electrons. The van der Waals surface area contributed by atoms with Gasteiger partial charge in [-0.05, 0) is 56.2 Å². The number of nitrogens with zero attached hydrogens (tertiary/aromatic N) is 1. The van der Waals surface area contributed by atoms with E-state index in [9.17, 15) is 15.0 Å². The Balaban J connectivity index is 1.87. The van der Waals surface area contributed by atoms with Gasteiger partial charge in [0.15, 0.2) is 11.5 Å². The van der Waals surface area contributed by atoms with Crippen LogP contribution in [0.4, 0.5) is 0 Å². The van der Waals surface area contributed by atoms with Crippen molar-refractivity contribution in [2.45, 2.75) is 64.6 Å². The number of hydrogen-bond acceptors (Lipinski definition) is 5. The summed E-state index contributed by atoms with van der Waals surface area (Å²) in [5, 5.41) is 19.8. The molecule has 29 heavy (non-hydrogen) atoms. The molecule has 1 aromatic rings. The van der Waals surface area contributed by atoms with Crippen LogP contribution in [0.2, 0.25) is 0 Å². The highest BCUT2D eigenvalue weighted by Gasteiger charge is 2.48. The maximum atomic E-state index is 12.1. The van der Waals surface area contributed by atoms with Crippen molar-refractivity contribution >= 4 is 5.91 Å². The van der Waals surface area contributed by atoms with E-state index in [1.165, 1.54) is 12.8 Å². The third-order valence-electron chi connectivity index (χ3n) is 7.02. The predicted octanol–water partition coefficient (Wildman–Crippen LogP) is 2.96. The van der Waals surface area contributed by atoms with E-state index < -0.39 is 18.1 Å². The fourth-order valence-corrected chi connectivity index (χ4v) is 4.74. The Morgan fingerprint density at radius 1 is 1.28 bits per heavy atom. The van der Waals surface area contributed by atoms with Crippen LogP contribution in [-0.4, -0.2) is 60.0 Å². The summed E-state index contributed by atoms with van der Waals surface area (Å²) in [6.45, 7) is 6.42. The van der Waals surface area contributed by atoms with Gasteiger partial charge in [-0.2, -0.15) is 0 Å². The molecule has 2 fully saturated rings. The molecule has 1 aliphatic carbocycles. The first kappa shape index (κ1) is 21.9. The van der Waals surface area contributed by atoms with E-state index in [-0.39, 0.29) is 17.9 Å². The first-order chi connectivity index (χ1) is 13.8. The number of ether oxygens (including phenoxy) is 2. The van der Waals surface area contributed by atoms with Crippen molar-refractivity contribution in [1.82, 2.24) is 4.90 Å². The Morgan fingerprint density at radius 2 is 1.97 bits per heavy atom. The highest BCUT2D eigenvalue weighted by atomic mass is 16.5. The molecule has 0 bridgehead atoms. The lowest BCUT2D eigenvalue weighted by Gasteiger charge is -2.34. The van der Waals surface area contributed by atoms with Crippen LogP contribution in [0.15, 0.2) is 18.2 Å². The molecular formula is C23H35NO5. The molecule has 1 saturated heterocycles. The molecule has 3 unspecified atom stereocenters. The average molecular weight is 406 g/mol. The summed E-state index contributed by atoms with van der Waals surface area (Å²) in [6, 6.07) is 5.91. The molecular weight excluding hydrogens is 370 g/mol. The lowest BCUT2D eigenvalue weighted by atomic mass is 9.72.